The highest BCUT2D eigenvalue weighted by molar-refractivity contribution is 9.10. The number of hydrogen-bond acceptors (Lipinski definition) is 3. The maximum atomic E-state index is 12.4. The van der Waals surface area contributed by atoms with Crippen LogP contribution < -0.4 is 10.5 Å². The maximum absolute atomic E-state index is 12.4. The van der Waals surface area contributed by atoms with Gasteiger partial charge in [-0.2, -0.15) is 0 Å². The van der Waals surface area contributed by atoms with E-state index in [4.69, 9.17) is 5.73 Å². The van der Waals surface area contributed by atoms with Crippen molar-refractivity contribution in [1.82, 2.24) is 0 Å². The molecule has 3 N–H and O–H groups in total. The fraction of sp³-hybridized carbons (Fsp3) is 0.0769. The van der Waals surface area contributed by atoms with Crippen LogP contribution in [0.15, 0.2) is 50.2 Å². The summed E-state index contributed by atoms with van der Waals surface area (Å²) in [5.74, 6) is 0. The van der Waals surface area contributed by atoms with E-state index in [2.05, 4.69) is 36.6 Å². The Morgan fingerprint density at radius 2 is 1.80 bits per heavy atom. The predicted molar refractivity (Wildman–Crippen MR) is 88.2 cm³/mol. The van der Waals surface area contributed by atoms with E-state index in [0.29, 0.717) is 15.8 Å². The molecule has 0 unspecified atom stereocenters. The molecule has 0 saturated carbocycles. The van der Waals surface area contributed by atoms with Gasteiger partial charge in [-0.3, -0.25) is 4.72 Å². The zero-order valence-corrected chi connectivity index (χ0v) is 14.5. The van der Waals surface area contributed by atoms with Crippen LogP contribution >= 0.6 is 31.9 Å². The van der Waals surface area contributed by atoms with Crippen LogP contribution in [0, 0.1) is 6.92 Å². The average Bonchev–Trinajstić information content (AvgIpc) is 2.33. The molecule has 20 heavy (non-hydrogen) atoms. The van der Waals surface area contributed by atoms with Crippen molar-refractivity contribution in [3.63, 3.8) is 0 Å². The highest BCUT2D eigenvalue weighted by Gasteiger charge is 2.18. The molecular weight excluding hydrogens is 408 g/mol. The monoisotopic (exact) mass is 418 g/mol. The Kier molecular flexibility index (Phi) is 4.41. The molecular formula is C13H12Br2N2O2S. The first-order chi connectivity index (χ1) is 9.29. The third-order valence-corrected chi connectivity index (χ3v) is 5.52. The van der Waals surface area contributed by atoms with E-state index in [1.54, 1.807) is 18.2 Å². The van der Waals surface area contributed by atoms with E-state index >= 15 is 0 Å². The summed E-state index contributed by atoms with van der Waals surface area (Å²) in [7, 11) is -3.67. The van der Waals surface area contributed by atoms with Crippen molar-refractivity contribution in [1.29, 1.82) is 0 Å². The lowest BCUT2D eigenvalue weighted by atomic mass is 10.2. The van der Waals surface area contributed by atoms with E-state index in [0.717, 1.165) is 10.0 Å². The Hall–Kier alpha value is -1.05. The number of benzene rings is 2. The van der Waals surface area contributed by atoms with Crippen molar-refractivity contribution in [2.75, 3.05) is 10.5 Å². The van der Waals surface area contributed by atoms with Gasteiger partial charge in [0.05, 0.1) is 5.69 Å². The predicted octanol–water partition coefficient (Wildman–Crippen LogP) is 3.90. The summed E-state index contributed by atoms with van der Waals surface area (Å²) in [6.45, 7) is 1.84. The van der Waals surface area contributed by atoms with Gasteiger partial charge in [-0.05, 0) is 58.7 Å². The summed E-state index contributed by atoms with van der Waals surface area (Å²) in [6, 6.07) is 9.98. The average molecular weight is 420 g/mol. The molecule has 0 aliphatic rings. The molecule has 2 rings (SSSR count). The van der Waals surface area contributed by atoms with Crippen molar-refractivity contribution in [3.8, 4) is 0 Å². The molecule has 0 aliphatic carbocycles. The Balaban J connectivity index is 2.43. The van der Waals surface area contributed by atoms with Gasteiger partial charge in [0.1, 0.15) is 4.90 Å². The van der Waals surface area contributed by atoms with Gasteiger partial charge in [0.15, 0.2) is 0 Å². The number of halogens is 2. The summed E-state index contributed by atoms with van der Waals surface area (Å²) in [6.07, 6.45) is 0. The minimum Gasteiger partial charge on any atom is -0.399 e. The van der Waals surface area contributed by atoms with Gasteiger partial charge in [0, 0.05) is 14.6 Å². The van der Waals surface area contributed by atoms with Crippen molar-refractivity contribution < 1.29 is 8.42 Å². The molecule has 0 fully saturated rings. The van der Waals surface area contributed by atoms with Crippen LogP contribution in [0.1, 0.15) is 5.56 Å². The molecule has 0 radical (unpaired) electrons. The molecule has 0 heterocycles. The van der Waals surface area contributed by atoms with Gasteiger partial charge in [0.25, 0.3) is 10.0 Å². The molecule has 2 aromatic carbocycles. The lowest BCUT2D eigenvalue weighted by Gasteiger charge is -2.12. The lowest BCUT2D eigenvalue weighted by Crippen LogP contribution is -2.14. The zero-order chi connectivity index (χ0) is 14.9. The largest absolute Gasteiger partial charge is 0.399 e. The number of sulfonamides is 1. The third-order valence-electron chi connectivity index (χ3n) is 2.69. The first-order valence-corrected chi connectivity index (χ1v) is 8.70. The quantitative estimate of drug-likeness (QED) is 0.741. The fourth-order valence-corrected chi connectivity index (χ4v) is 4.22. The van der Waals surface area contributed by atoms with Gasteiger partial charge in [-0.15, -0.1) is 0 Å². The molecule has 0 spiro atoms. The highest BCUT2D eigenvalue weighted by Crippen LogP contribution is 2.28. The minimum absolute atomic E-state index is 0.145. The normalized spacial score (nSPS) is 11.3. The van der Waals surface area contributed by atoms with Crippen LogP contribution in [0.5, 0.6) is 0 Å². The first kappa shape index (κ1) is 15.3. The van der Waals surface area contributed by atoms with E-state index < -0.39 is 10.0 Å². The van der Waals surface area contributed by atoms with E-state index in [1.807, 2.05) is 19.1 Å². The second-order valence-electron chi connectivity index (χ2n) is 4.25. The second kappa shape index (κ2) is 5.75. The van der Waals surface area contributed by atoms with Crippen molar-refractivity contribution >= 4 is 53.3 Å². The van der Waals surface area contributed by atoms with E-state index in [9.17, 15) is 8.42 Å². The van der Waals surface area contributed by atoms with Crippen LogP contribution in [-0.4, -0.2) is 8.42 Å². The third kappa shape index (κ3) is 3.34. The Labute approximate surface area is 134 Å². The van der Waals surface area contributed by atoms with Crippen molar-refractivity contribution in [3.05, 3.63) is 50.9 Å². The fourth-order valence-electron chi connectivity index (χ4n) is 1.64. The summed E-state index contributed by atoms with van der Waals surface area (Å²) in [5, 5.41) is 0. The van der Waals surface area contributed by atoms with Gasteiger partial charge in [-0.1, -0.05) is 22.0 Å². The number of aryl methyl sites for hydroxylation is 1. The summed E-state index contributed by atoms with van der Waals surface area (Å²) >= 11 is 6.54. The summed E-state index contributed by atoms with van der Waals surface area (Å²) in [4.78, 5) is 0.145. The van der Waals surface area contributed by atoms with E-state index in [-0.39, 0.29) is 4.90 Å². The molecule has 0 bridgehead atoms. The van der Waals surface area contributed by atoms with Crippen molar-refractivity contribution in [2.45, 2.75) is 11.8 Å². The van der Waals surface area contributed by atoms with Crippen LogP contribution in [-0.2, 0) is 10.0 Å². The smallest absolute Gasteiger partial charge is 0.263 e. The number of hydrogen-bond donors (Lipinski definition) is 2. The molecule has 7 heteroatoms. The molecule has 106 valence electrons. The number of rotatable bonds is 3. The number of nitrogens with two attached hydrogens (primary N) is 1. The van der Waals surface area contributed by atoms with Crippen LogP contribution in [0.2, 0.25) is 0 Å². The van der Waals surface area contributed by atoms with Crippen LogP contribution in [0.25, 0.3) is 0 Å². The standard InChI is InChI=1S/C13H12Br2N2O2S/c1-8-2-3-9(14)6-12(8)17-20(18,19)13-5-4-10(16)7-11(13)15/h2-7,17H,16H2,1H3. The molecule has 0 aliphatic heterocycles. The number of anilines is 2. The molecule has 0 saturated heterocycles. The molecule has 4 nitrogen and oxygen atoms in total. The Morgan fingerprint density at radius 1 is 1.10 bits per heavy atom. The molecule has 0 aromatic heterocycles. The van der Waals surface area contributed by atoms with Gasteiger partial charge >= 0.3 is 0 Å². The Bertz CT molecular complexity index is 761. The van der Waals surface area contributed by atoms with Crippen molar-refractivity contribution in [2.24, 2.45) is 0 Å². The number of nitrogens with one attached hydrogen (secondary N) is 1. The SMILES string of the molecule is Cc1ccc(Br)cc1NS(=O)(=O)c1ccc(N)cc1Br. The van der Waals surface area contributed by atoms with Gasteiger partial charge in [0.2, 0.25) is 0 Å². The van der Waals surface area contributed by atoms with E-state index in [1.165, 1.54) is 6.07 Å². The molecule has 0 amide bonds. The maximum Gasteiger partial charge on any atom is 0.263 e. The second-order valence-corrected chi connectivity index (χ2v) is 7.68. The molecule has 0 atom stereocenters. The number of nitrogen functional groups attached to an aromatic ring is 1. The minimum atomic E-state index is -3.67. The summed E-state index contributed by atoms with van der Waals surface area (Å²) < 4.78 is 28.6. The van der Waals surface area contributed by atoms with Crippen LogP contribution in [0.4, 0.5) is 11.4 Å². The topological polar surface area (TPSA) is 72.2 Å². The van der Waals surface area contributed by atoms with Gasteiger partial charge < -0.3 is 5.73 Å². The first-order valence-electron chi connectivity index (χ1n) is 5.63. The van der Waals surface area contributed by atoms with Crippen LogP contribution in [0.3, 0.4) is 0 Å². The highest BCUT2D eigenvalue weighted by atomic mass is 79.9. The molecule has 2 aromatic rings. The Morgan fingerprint density at radius 3 is 2.45 bits per heavy atom. The zero-order valence-electron chi connectivity index (χ0n) is 10.5. The lowest BCUT2D eigenvalue weighted by molar-refractivity contribution is 0.600. The van der Waals surface area contributed by atoms with Gasteiger partial charge in [-0.25, -0.2) is 8.42 Å². The summed E-state index contributed by atoms with van der Waals surface area (Å²) in [5.41, 5.74) is 7.48.